The van der Waals surface area contributed by atoms with Gasteiger partial charge in [-0.15, -0.1) is 0 Å². The van der Waals surface area contributed by atoms with E-state index >= 15 is 0 Å². The number of rotatable bonds is 6. The van der Waals surface area contributed by atoms with Crippen LogP contribution in [0, 0.1) is 0 Å². The minimum Gasteiger partial charge on any atom is -0.351 e. The summed E-state index contributed by atoms with van der Waals surface area (Å²) in [6.07, 6.45) is 1.46. The van der Waals surface area contributed by atoms with Gasteiger partial charge in [0.15, 0.2) is 0 Å². The first kappa shape index (κ1) is 17.4. The van der Waals surface area contributed by atoms with Crippen molar-refractivity contribution >= 4 is 11.7 Å². The number of likely N-dealkylation sites (tertiary alicyclic amines) is 1. The number of carbonyl (C=O) groups is 2. The van der Waals surface area contributed by atoms with Gasteiger partial charge in [-0.25, -0.2) is 0 Å². The second-order valence-electron chi connectivity index (χ2n) is 6.58. The van der Waals surface area contributed by atoms with Crippen molar-refractivity contribution in [1.29, 1.82) is 0 Å². The molecule has 1 amide bonds. The standard InChI is InChI=1S/C21H24N2O2/c1-16(24)19-12-13-20(23(19)15-18-10-6-3-7-11-18)21(25)22-14-17-8-4-2-5-9-17/h2-11,19-20H,12-15H2,1H3,(H,22,25)/t19-,20+/m1/s1. The van der Waals surface area contributed by atoms with Crippen molar-refractivity contribution in [3.8, 4) is 0 Å². The molecule has 2 aromatic carbocycles. The largest absolute Gasteiger partial charge is 0.351 e. The number of nitrogens with one attached hydrogen (secondary N) is 1. The van der Waals surface area contributed by atoms with Crippen LogP contribution in [-0.4, -0.2) is 28.7 Å². The summed E-state index contributed by atoms with van der Waals surface area (Å²) in [4.78, 5) is 26.8. The Bertz CT molecular complexity index is 715. The van der Waals surface area contributed by atoms with E-state index in [1.54, 1.807) is 6.92 Å². The predicted octanol–water partition coefficient (Wildman–Crippen LogP) is 2.93. The fourth-order valence-electron chi connectivity index (χ4n) is 3.50. The van der Waals surface area contributed by atoms with E-state index in [2.05, 4.69) is 10.2 Å². The fraction of sp³-hybridized carbons (Fsp3) is 0.333. The Morgan fingerprint density at radius 3 is 2.08 bits per heavy atom. The van der Waals surface area contributed by atoms with Crippen LogP contribution in [0.25, 0.3) is 0 Å². The molecule has 130 valence electrons. The summed E-state index contributed by atoms with van der Waals surface area (Å²) in [7, 11) is 0. The van der Waals surface area contributed by atoms with Crippen LogP contribution < -0.4 is 5.32 Å². The molecular weight excluding hydrogens is 312 g/mol. The molecule has 0 radical (unpaired) electrons. The zero-order valence-electron chi connectivity index (χ0n) is 14.5. The van der Waals surface area contributed by atoms with E-state index in [0.29, 0.717) is 13.1 Å². The molecule has 0 spiro atoms. The molecule has 0 aromatic heterocycles. The molecule has 0 aliphatic carbocycles. The number of Topliss-reactive ketones (excluding diaryl/α,β-unsaturated/α-hetero) is 1. The molecule has 25 heavy (non-hydrogen) atoms. The van der Waals surface area contributed by atoms with Gasteiger partial charge in [0, 0.05) is 13.1 Å². The van der Waals surface area contributed by atoms with E-state index in [9.17, 15) is 9.59 Å². The summed E-state index contributed by atoms with van der Waals surface area (Å²) in [6.45, 7) is 2.75. The van der Waals surface area contributed by atoms with Gasteiger partial charge in [-0.3, -0.25) is 14.5 Å². The highest BCUT2D eigenvalue weighted by Crippen LogP contribution is 2.27. The van der Waals surface area contributed by atoms with E-state index in [1.165, 1.54) is 0 Å². The predicted molar refractivity (Wildman–Crippen MR) is 97.8 cm³/mol. The summed E-state index contributed by atoms with van der Waals surface area (Å²) in [5, 5.41) is 3.02. The van der Waals surface area contributed by atoms with Gasteiger partial charge in [0.05, 0.1) is 12.1 Å². The maximum atomic E-state index is 12.7. The maximum absolute atomic E-state index is 12.7. The molecule has 3 rings (SSSR count). The Hall–Kier alpha value is -2.46. The second-order valence-corrected chi connectivity index (χ2v) is 6.58. The molecule has 1 saturated heterocycles. The minimum absolute atomic E-state index is 0.00327. The number of carbonyl (C=O) groups excluding carboxylic acids is 2. The lowest BCUT2D eigenvalue weighted by Crippen LogP contribution is -2.47. The van der Waals surface area contributed by atoms with E-state index in [4.69, 9.17) is 0 Å². The van der Waals surface area contributed by atoms with Crippen LogP contribution in [-0.2, 0) is 22.7 Å². The van der Waals surface area contributed by atoms with Crippen molar-refractivity contribution in [1.82, 2.24) is 10.2 Å². The molecule has 0 bridgehead atoms. The van der Waals surface area contributed by atoms with Crippen LogP contribution in [0.2, 0.25) is 0 Å². The first-order chi connectivity index (χ1) is 12.1. The van der Waals surface area contributed by atoms with Crippen molar-refractivity contribution in [2.75, 3.05) is 0 Å². The third kappa shape index (κ3) is 4.34. The van der Waals surface area contributed by atoms with E-state index in [0.717, 1.165) is 24.0 Å². The monoisotopic (exact) mass is 336 g/mol. The highest BCUT2D eigenvalue weighted by molar-refractivity contribution is 5.86. The zero-order valence-corrected chi connectivity index (χ0v) is 14.5. The number of ketones is 1. The number of hydrogen-bond donors (Lipinski definition) is 1. The van der Waals surface area contributed by atoms with Gasteiger partial charge in [0.25, 0.3) is 0 Å². The zero-order chi connectivity index (χ0) is 17.6. The molecule has 1 aliphatic rings. The molecule has 0 saturated carbocycles. The SMILES string of the molecule is CC(=O)[C@H]1CC[C@@H](C(=O)NCc2ccccc2)N1Cc1ccccc1. The summed E-state index contributed by atoms with van der Waals surface area (Å²) in [5.41, 5.74) is 2.20. The quantitative estimate of drug-likeness (QED) is 0.882. The van der Waals surface area contributed by atoms with E-state index in [1.807, 2.05) is 60.7 Å². The number of hydrogen-bond acceptors (Lipinski definition) is 3. The van der Waals surface area contributed by atoms with Crippen LogP contribution in [0.15, 0.2) is 60.7 Å². The Balaban J connectivity index is 1.69. The highest BCUT2D eigenvalue weighted by Gasteiger charge is 2.39. The third-order valence-electron chi connectivity index (χ3n) is 4.80. The Labute approximate surface area is 148 Å². The average Bonchev–Trinajstić information content (AvgIpc) is 3.05. The lowest BCUT2D eigenvalue weighted by molar-refractivity contribution is -0.128. The number of benzene rings is 2. The summed E-state index contributed by atoms with van der Waals surface area (Å²) in [6, 6.07) is 19.5. The first-order valence-corrected chi connectivity index (χ1v) is 8.77. The van der Waals surface area contributed by atoms with Gasteiger partial charge in [-0.1, -0.05) is 60.7 Å². The normalized spacial score (nSPS) is 20.4. The molecule has 2 atom stereocenters. The van der Waals surface area contributed by atoms with Crippen molar-refractivity contribution < 1.29 is 9.59 Å². The molecule has 1 heterocycles. The molecule has 1 fully saturated rings. The summed E-state index contributed by atoms with van der Waals surface area (Å²) in [5.74, 6) is 0.137. The first-order valence-electron chi connectivity index (χ1n) is 8.77. The minimum atomic E-state index is -0.252. The van der Waals surface area contributed by atoms with Crippen molar-refractivity contribution in [2.45, 2.75) is 44.9 Å². The van der Waals surface area contributed by atoms with Crippen molar-refractivity contribution in [2.24, 2.45) is 0 Å². The van der Waals surface area contributed by atoms with Crippen LogP contribution in [0.1, 0.15) is 30.9 Å². The molecule has 0 unspecified atom stereocenters. The van der Waals surface area contributed by atoms with Gasteiger partial charge < -0.3 is 5.32 Å². The van der Waals surface area contributed by atoms with Gasteiger partial charge in [0.2, 0.25) is 5.91 Å². The molecular formula is C21H24N2O2. The van der Waals surface area contributed by atoms with Gasteiger partial charge in [0.1, 0.15) is 5.78 Å². The number of amides is 1. The van der Waals surface area contributed by atoms with E-state index in [-0.39, 0.29) is 23.8 Å². The Kier molecular flexibility index (Phi) is 5.61. The number of nitrogens with zero attached hydrogens (tertiary/aromatic N) is 1. The highest BCUT2D eigenvalue weighted by atomic mass is 16.2. The summed E-state index contributed by atoms with van der Waals surface area (Å²) >= 11 is 0. The van der Waals surface area contributed by atoms with Crippen LogP contribution in [0.5, 0.6) is 0 Å². The Morgan fingerprint density at radius 1 is 0.920 bits per heavy atom. The van der Waals surface area contributed by atoms with Crippen LogP contribution >= 0.6 is 0 Å². The van der Waals surface area contributed by atoms with Crippen molar-refractivity contribution in [3.05, 3.63) is 71.8 Å². The molecule has 1 N–H and O–H groups in total. The van der Waals surface area contributed by atoms with Crippen LogP contribution in [0.4, 0.5) is 0 Å². The van der Waals surface area contributed by atoms with Gasteiger partial charge in [-0.2, -0.15) is 0 Å². The van der Waals surface area contributed by atoms with Crippen molar-refractivity contribution in [3.63, 3.8) is 0 Å². The van der Waals surface area contributed by atoms with E-state index < -0.39 is 0 Å². The molecule has 1 aliphatic heterocycles. The van der Waals surface area contributed by atoms with Gasteiger partial charge in [-0.05, 0) is 30.9 Å². The molecule has 4 heteroatoms. The smallest absolute Gasteiger partial charge is 0.237 e. The lowest BCUT2D eigenvalue weighted by atomic mass is 10.1. The second kappa shape index (κ2) is 8.08. The van der Waals surface area contributed by atoms with Crippen LogP contribution in [0.3, 0.4) is 0 Å². The average molecular weight is 336 g/mol. The lowest BCUT2D eigenvalue weighted by Gasteiger charge is -2.28. The topological polar surface area (TPSA) is 49.4 Å². The molecule has 2 aromatic rings. The maximum Gasteiger partial charge on any atom is 0.237 e. The fourth-order valence-corrected chi connectivity index (χ4v) is 3.50. The molecule has 4 nitrogen and oxygen atoms in total. The Morgan fingerprint density at radius 2 is 1.48 bits per heavy atom. The van der Waals surface area contributed by atoms with Gasteiger partial charge >= 0.3 is 0 Å². The third-order valence-corrected chi connectivity index (χ3v) is 4.80. The summed E-state index contributed by atoms with van der Waals surface area (Å²) < 4.78 is 0.